The Morgan fingerprint density at radius 2 is 2.37 bits per heavy atom. The van der Waals surface area contributed by atoms with Crippen LogP contribution in [0.2, 0.25) is 0 Å². The Bertz CT molecular complexity index is 467. The first-order valence-corrected chi connectivity index (χ1v) is 7.30. The minimum Gasteiger partial charge on any atom is -0.352 e. The summed E-state index contributed by atoms with van der Waals surface area (Å²) < 4.78 is 13.6. The summed E-state index contributed by atoms with van der Waals surface area (Å²) in [4.78, 5) is 12.1. The molecular formula is C14H18BrFN2O. The summed E-state index contributed by atoms with van der Waals surface area (Å²) in [5.74, 6) is -0.116. The van der Waals surface area contributed by atoms with E-state index < -0.39 is 0 Å². The number of hydrogen-bond donors (Lipinski definition) is 2. The highest BCUT2D eigenvalue weighted by Crippen LogP contribution is 2.19. The molecule has 3 nitrogen and oxygen atoms in total. The lowest BCUT2D eigenvalue weighted by Gasteiger charge is -2.27. The van der Waals surface area contributed by atoms with Crippen LogP contribution in [0.1, 0.15) is 25.3 Å². The Kier molecular flexibility index (Phi) is 4.93. The molecule has 1 aromatic rings. The molecule has 1 aromatic carbocycles. The standard InChI is InChI=1S/C14H18BrFN2O/c1-9-6-10(4-5-17-9)14(19)18-8-11-2-3-12(16)7-13(11)15/h2-3,7,9-10,17H,4-6,8H2,1H3,(H,18,19)/t9-,10-/m0/s1. The monoisotopic (exact) mass is 328 g/mol. The molecule has 5 heteroatoms. The average Bonchev–Trinajstić information content (AvgIpc) is 2.37. The maximum atomic E-state index is 13.0. The van der Waals surface area contributed by atoms with E-state index in [9.17, 15) is 9.18 Å². The molecule has 0 radical (unpaired) electrons. The minimum absolute atomic E-state index is 0.0791. The lowest BCUT2D eigenvalue weighted by Crippen LogP contribution is -2.42. The molecule has 1 aliphatic rings. The molecule has 0 spiro atoms. The van der Waals surface area contributed by atoms with E-state index >= 15 is 0 Å². The number of benzene rings is 1. The van der Waals surface area contributed by atoms with Crippen LogP contribution < -0.4 is 10.6 Å². The van der Waals surface area contributed by atoms with E-state index in [-0.39, 0.29) is 17.6 Å². The molecule has 19 heavy (non-hydrogen) atoms. The van der Waals surface area contributed by atoms with Crippen molar-refractivity contribution >= 4 is 21.8 Å². The third-order valence-electron chi connectivity index (χ3n) is 3.46. The normalized spacial score (nSPS) is 23.1. The van der Waals surface area contributed by atoms with Gasteiger partial charge in [0.2, 0.25) is 5.91 Å². The van der Waals surface area contributed by atoms with Gasteiger partial charge in [0, 0.05) is 23.0 Å². The van der Waals surface area contributed by atoms with Gasteiger partial charge in [0.25, 0.3) is 0 Å². The molecular weight excluding hydrogens is 311 g/mol. The van der Waals surface area contributed by atoms with Gasteiger partial charge in [-0.25, -0.2) is 4.39 Å². The maximum Gasteiger partial charge on any atom is 0.223 e. The van der Waals surface area contributed by atoms with E-state index in [2.05, 4.69) is 33.5 Å². The summed E-state index contributed by atoms with van der Waals surface area (Å²) in [5.41, 5.74) is 0.886. The molecule has 2 atom stereocenters. The second-order valence-corrected chi connectivity index (χ2v) is 5.88. The molecule has 0 bridgehead atoms. The predicted octanol–water partition coefficient (Wildman–Crippen LogP) is 2.59. The molecule has 1 saturated heterocycles. The van der Waals surface area contributed by atoms with Gasteiger partial charge >= 0.3 is 0 Å². The van der Waals surface area contributed by atoms with Crippen LogP contribution in [0.3, 0.4) is 0 Å². The van der Waals surface area contributed by atoms with Gasteiger partial charge in [-0.2, -0.15) is 0 Å². The van der Waals surface area contributed by atoms with Crippen LogP contribution in [0.25, 0.3) is 0 Å². The van der Waals surface area contributed by atoms with Crippen LogP contribution in [0.15, 0.2) is 22.7 Å². The molecule has 1 fully saturated rings. The topological polar surface area (TPSA) is 41.1 Å². The summed E-state index contributed by atoms with van der Waals surface area (Å²) >= 11 is 3.30. The molecule has 0 saturated carbocycles. The highest BCUT2D eigenvalue weighted by Gasteiger charge is 2.24. The number of carbonyl (C=O) groups is 1. The summed E-state index contributed by atoms with van der Waals surface area (Å²) in [6.07, 6.45) is 1.75. The van der Waals surface area contributed by atoms with Crippen molar-refractivity contribution in [1.82, 2.24) is 10.6 Å². The first-order valence-electron chi connectivity index (χ1n) is 6.51. The lowest BCUT2D eigenvalue weighted by molar-refractivity contribution is -0.126. The molecule has 0 aromatic heterocycles. The first kappa shape index (κ1) is 14.5. The molecule has 0 aliphatic carbocycles. The van der Waals surface area contributed by atoms with Crippen molar-refractivity contribution in [2.45, 2.75) is 32.4 Å². The van der Waals surface area contributed by atoms with Crippen LogP contribution in [0, 0.1) is 11.7 Å². The van der Waals surface area contributed by atoms with Crippen molar-refractivity contribution in [2.24, 2.45) is 5.92 Å². The molecule has 104 valence electrons. The average molecular weight is 329 g/mol. The van der Waals surface area contributed by atoms with Crippen molar-refractivity contribution in [1.29, 1.82) is 0 Å². The van der Waals surface area contributed by atoms with E-state index in [1.165, 1.54) is 12.1 Å². The van der Waals surface area contributed by atoms with Crippen LogP contribution >= 0.6 is 15.9 Å². The summed E-state index contributed by atoms with van der Waals surface area (Å²) in [7, 11) is 0. The fourth-order valence-corrected chi connectivity index (χ4v) is 2.85. The van der Waals surface area contributed by atoms with E-state index in [0.717, 1.165) is 24.9 Å². The summed E-state index contributed by atoms with van der Waals surface area (Å²) in [6.45, 7) is 3.41. The van der Waals surface area contributed by atoms with E-state index in [0.29, 0.717) is 17.1 Å². The highest BCUT2D eigenvalue weighted by atomic mass is 79.9. The summed E-state index contributed by atoms with van der Waals surface area (Å²) in [5, 5.41) is 6.26. The highest BCUT2D eigenvalue weighted by molar-refractivity contribution is 9.10. The zero-order valence-corrected chi connectivity index (χ0v) is 12.5. The van der Waals surface area contributed by atoms with Crippen LogP contribution in [-0.4, -0.2) is 18.5 Å². The fraction of sp³-hybridized carbons (Fsp3) is 0.500. The van der Waals surface area contributed by atoms with Crippen molar-refractivity contribution in [2.75, 3.05) is 6.54 Å². The maximum absolute atomic E-state index is 13.0. The number of hydrogen-bond acceptors (Lipinski definition) is 2. The number of amides is 1. The molecule has 1 heterocycles. The van der Waals surface area contributed by atoms with Gasteiger partial charge < -0.3 is 10.6 Å². The Morgan fingerprint density at radius 3 is 3.05 bits per heavy atom. The zero-order valence-electron chi connectivity index (χ0n) is 10.9. The van der Waals surface area contributed by atoms with E-state index in [4.69, 9.17) is 0 Å². The van der Waals surface area contributed by atoms with Crippen molar-refractivity contribution < 1.29 is 9.18 Å². The Morgan fingerprint density at radius 1 is 1.58 bits per heavy atom. The largest absolute Gasteiger partial charge is 0.352 e. The lowest BCUT2D eigenvalue weighted by atomic mass is 9.92. The van der Waals surface area contributed by atoms with Crippen molar-refractivity contribution in [3.05, 3.63) is 34.1 Å². The van der Waals surface area contributed by atoms with Gasteiger partial charge in [0.1, 0.15) is 5.82 Å². The molecule has 2 rings (SSSR count). The number of rotatable bonds is 3. The quantitative estimate of drug-likeness (QED) is 0.895. The number of piperidine rings is 1. The Labute approximate surface area is 121 Å². The van der Waals surface area contributed by atoms with Crippen molar-refractivity contribution in [3.63, 3.8) is 0 Å². The second kappa shape index (κ2) is 6.48. The summed E-state index contributed by atoms with van der Waals surface area (Å²) in [6, 6.07) is 4.89. The number of nitrogens with one attached hydrogen (secondary N) is 2. The molecule has 1 aliphatic heterocycles. The van der Waals surface area contributed by atoms with Crippen LogP contribution in [0.5, 0.6) is 0 Å². The molecule has 2 N–H and O–H groups in total. The van der Waals surface area contributed by atoms with Gasteiger partial charge in [0.15, 0.2) is 0 Å². The van der Waals surface area contributed by atoms with E-state index in [1.54, 1.807) is 6.07 Å². The van der Waals surface area contributed by atoms with Gasteiger partial charge in [-0.15, -0.1) is 0 Å². The Balaban J connectivity index is 1.89. The van der Waals surface area contributed by atoms with Crippen molar-refractivity contribution in [3.8, 4) is 0 Å². The first-order chi connectivity index (χ1) is 9.06. The zero-order chi connectivity index (χ0) is 13.8. The van der Waals surface area contributed by atoms with Gasteiger partial charge in [-0.05, 0) is 44.0 Å². The molecule has 1 amide bonds. The Hall–Kier alpha value is -0.940. The van der Waals surface area contributed by atoms with Gasteiger partial charge in [-0.3, -0.25) is 4.79 Å². The second-order valence-electron chi connectivity index (χ2n) is 5.03. The van der Waals surface area contributed by atoms with Gasteiger partial charge in [0.05, 0.1) is 0 Å². The van der Waals surface area contributed by atoms with E-state index in [1.807, 2.05) is 0 Å². The third kappa shape index (κ3) is 4.01. The van der Waals surface area contributed by atoms with Crippen LogP contribution in [-0.2, 0) is 11.3 Å². The van der Waals surface area contributed by atoms with Crippen LogP contribution in [0.4, 0.5) is 4.39 Å². The predicted molar refractivity (Wildman–Crippen MR) is 76.1 cm³/mol. The minimum atomic E-state index is -0.283. The molecule has 0 unspecified atom stereocenters. The fourth-order valence-electron chi connectivity index (χ4n) is 2.36. The smallest absolute Gasteiger partial charge is 0.223 e. The SMILES string of the molecule is C[C@H]1C[C@@H](C(=O)NCc2ccc(F)cc2Br)CCN1. The number of halogens is 2. The third-order valence-corrected chi connectivity index (χ3v) is 4.20. The number of carbonyl (C=O) groups excluding carboxylic acids is 1. The van der Waals surface area contributed by atoms with Gasteiger partial charge in [-0.1, -0.05) is 22.0 Å².